The van der Waals surface area contributed by atoms with E-state index in [4.69, 9.17) is 10.2 Å². The highest BCUT2D eigenvalue weighted by atomic mass is 16.3. The molecule has 0 aromatic heterocycles. The number of aryl methyl sites for hydroxylation is 1. The summed E-state index contributed by atoms with van der Waals surface area (Å²) in [6, 6.07) is 20.5. The summed E-state index contributed by atoms with van der Waals surface area (Å²) in [4.78, 5) is 0. The average Bonchev–Trinajstić information content (AvgIpc) is 2.55. The van der Waals surface area contributed by atoms with Gasteiger partial charge in [-0.05, 0) is 43.2 Å². The van der Waals surface area contributed by atoms with Crippen molar-refractivity contribution in [1.82, 2.24) is 0 Å². The van der Waals surface area contributed by atoms with Crippen molar-refractivity contribution in [3.8, 4) is 0 Å². The molecule has 0 saturated heterocycles. The molecule has 2 aromatic carbocycles. The van der Waals surface area contributed by atoms with E-state index in [2.05, 4.69) is 31.2 Å². The van der Waals surface area contributed by atoms with Crippen LogP contribution in [0.5, 0.6) is 0 Å². The van der Waals surface area contributed by atoms with Crippen molar-refractivity contribution in [3.05, 3.63) is 71.8 Å². The standard InChI is InChI=1S/2C10H14O/c1-9(7-8-11)10-5-3-2-4-6-10;1-9(11)7-8-10-5-3-2-4-6-10/h2*2-6,9,11H,7-8H2,1H3. The lowest BCUT2D eigenvalue weighted by molar-refractivity contribution is 0.185. The van der Waals surface area contributed by atoms with Crippen LogP contribution in [0, 0.1) is 0 Å². The summed E-state index contributed by atoms with van der Waals surface area (Å²) in [5.41, 5.74) is 2.61. The van der Waals surface area contributed by atoms with Gasteiger partial charge in [-0.1, -0.05) is 67.6 Å². The van der Waals surface area contributed by atoms with Crippen LogP contribution in [-0.2, 0) is 6.42 Å². The van der Waals surface area contributed by atoms with E-state index in [0.29, 0.717) is 5.92 Å². The monoisotopic (exact) mass is 300 g/mol. The van der Waals surface area contributed by atoms with Gasteiger partial charge < -0.3 is 10.2 Å². The molecule has 2 N–H and O–H groups in total. The fourth-order valence-corrected chi connectivity index (χ4v) is 2.16. The lowest BCUT2D eigenvalue weighted by Crippen LogP contribution is -2.00. The molecule has 0 fully saturated rings. The van der Waals surface area contributed by atoms with Crippen LogP contribution in [0.2, 0.25) is 0 Å². The number of aliphatic hydroxyl groups excluding tert-OH is 2. The summed E-state index contributed by atoms with van der Waals surface area (Å²) < 4.78 is 0. The lowest BCUT2D eigenvalue weighted by Gasteiger charge is -2.08. The summed E-state index contributed by atoms with van der Waals surface area (Å²) in [6.07, 6.45) is 2.49. The molecule has 2 atom stereocenters. The Bertz CT molecular complexity index is 480. The van der Waals surface area contributed by atoms with Crippen LogP contribution in [-0.4, -0.2) is 22.9 Å². The predicted molar refractivity (Wildman–Crippen MR) is 93.0 cm³/mol. The Morgan fingerprint density at radius 1 is 0.818 bits per heavy atom. The second kappa shape index (κ2) is 11.0. The zero-order valence-corrected chi connectivity index (χ0v) is 13.7. The van der Waals surface area contributed by atoms with Crippen molar-refractivity contribution in [2.45, 2.75) is 45.1 Å². The Morgan fingerprint density at radius 2 is 1.36 bits per heavy atom. The molecule has 0 saturated carbocycles. The van der Waals surface area contributed by atoms with Gasteiger partial charge in [-0.2, -0.15) is 0 Å². The molecule has 0 radical (unpaired) electrons. The van der Waals surface area contributed by atoms with E-state index < -0.39 is 0 Å². The molecule has 0 spiro atoms. The summed E-state index contributed by atoms with van der Waals surface area (Å²) in [5.74, 6) is 0.473. The molecule has 2 rings (SSSR count). The Morgan fingerprint density at radius 3 is 1.86 bits per heavy atom. The van der Waals surface area contributed by atoms with Gasteiger partial charge in [0.25, 0.3) is 0 Å². The van der Waals surface area contributed by atoms with Crippen LogP contribution in [0.4, 0.5) is 0 Å². The maximum absolute atomic E-state index is 9.01. The highest BCUT2D eigenvalue weighted by Crippen LogP contribution is 2.17. The third-order valence-corrected chi connectivity index (χ3v) is 3.62. The van der Waals surface area contributed by atoms with Crippen LogP contribution < -0.4 is 0 Å². The molecule has 2 aromatic rings. The maximum Gasteiger partial charge on any atom is 0.0515 e. The van der Waals surface area contributed by atoms with Crippen LogP contribution in [0.3, 0.4) is 0 Å². The summed E-state index contributed by atoms with van der Waals surface area (Å²) in [6.45, 7) is 4.23. The number of benzene rings is 2. The van der Waals surface area contributed by atoms with E-state index in [0.717, 1.165) is 19.3 Å². The number of aliphatic hydroxyl groups is 2. The summed E-state index contributed by atoms with van der Waals surface area (Å²) in [5, 5.41) is 17.7. The Labute approximate surface area is 134 Å². The minimum absolute atomic E-state index is 0.185. The van der Waals surface area contributed by atoms with Gasteiger partial charge in [0.1, 0.15) is 0 Å². The summed E-state index contributed by atoms with van der Waals surface area (Å²) >= 11 is 0. The van der Waals surface area contributed by atoms with Crippen molar-refractivity contribution in [3.63, 3.8) is 0 Å². The van der Waals surface area contributed by atoms with Gasteiger partial charge in [-0.25, -0.2) is 0 Å². The SMILES string of the molecule is CC(CCO)c1ccccc1.CC(O)CCc1ccccc1. The van der Waals surface area contributed by atoms with E-state index in [-0.39, 0.29) is 12.7 Å². The molecule has 2 unspecified atom stereocenters. The molecule has 0 aliphatic heterocycles. The molecule has 22 heavy (non-hydrogen) atoms. The van der Waals surface area contributed by atoms with Gasteiger partial charge in [0, 0.05) is 6.61 Å². The molecule has 0 amide bonds. The molecule has 120 valence electrons. The predicted octanol–water partition coefficient (Wildman–Crippen LogP) is 4.17. The van der Waals surface area contributed by atoms with Crippen molar-refractivity contribution in [2.24, 2.45) is 0 Å². The van der Waals surface area contributed by atoms with Crippen molar-refractivity contribution in [1.29, 1.82) is 0 Å². The quantitative estimate of drug-likeness (QED) is 0.840. The zero-order chi connectivity index (χ0) is 16.2. The third-order valence-electron chi connectivity index (χ3n) is 3.62. The minimum Gasteiger partial charge on any atom is -0.396 e. The van der Waals surface area contributed by atoms with Gasteiger partial charge in [-0.3, -0.25) is 0 Å². The van der Waals surface area contributed by atoms with Gasteiger partial charge in [0.05, 0.1) is 6.10 Å². The van der Waals surface area contributed by atoms with Gasteiger partial charge in [0.2, 0.25) is 0 Å². The zero-order valence-electron chi connectivity index (χ0n) is 13.7. The van der Waals surface area contributed by atoms with Crippen LogP contribution in [0.15, 0.2) is 60.7 Å². The van der Waals surface area contributed by atoms with Crippen LogP contribution in [0.1, 0.15) is 43.7 Å². The first kappa shape index (κ1) is 18.4. The van der Waals surface area contributed by atoms with E-state index in [1.807, 2.05) is 43.3 Å². The molecule has 0 aliphatic rings. The molecule has 2 nitrogen and oxygen atoms in total. The van der Waals surface area contributed by atoms with Crippen LogP contribution >= 0.6 is 0 Å². The number of hydrogen-bond donors (Lipinski definition) is 2. The molecule has 0 heterocycles. The Hall–Kier alpha value is -1.64. The van der Waals surface area contributed by atoms with Crippen molar-refractivity contribution >= 4 is 0 Å². The molecular weight excluding hydrogens is 272 g/mol. The smallest absolute Gasteiger partial charge is 0.0515 e. The fraction of sp³-hybridized carbons (Fsp3) is 0.400. The van der Waals surface area contributed by atoms with Crippen LogP contribution in [0.25, 0.3) is 0 Å². The van der Waals surface area contributed by atoms with E-state index >= 15 is 0 Å². The first-order valence-corrected chi connectivity index (χ1v) is 8.01. The topological polar surface area (TPSA) is 40.5 Å². The van der Waals surface area contributed by atoms with Gasteiger partial charge >= 0.3 is 0 Å². The highest BCUT2D eigenvalue weighted by Gasteiger charge is 2.01. The first-order valence-electron chi connectivity index (χ1n) is 8.01. The molecule has 0 bridgehead atoms. The summed E-state index contributed by atoms with van der Waals surface area (Å²) in [7, 11) is 0. The highest BCUT2D eigenvalue weighted by molar-refractivity contribution is 5.18. The van der Waals surface area contributed by atoms with Crippen molar-refractivity contribution < 1.29 is 10.2 Å². The Kier molecular flexibility index (Phi) is 9.20. The fourth-order valence-electron chi connectivity index (χ4n) is 2.16. The average molecular weight is 300 g/mol. The van der Waals surface area contributed by atoms with E-state index in [9.17, 15) is 0 Å². The molecule has 0 aliphatic carbocycles. The lowest BCUT2D eigenvalue weighted by atomic mass is 9.99. The van der Waals surface area contributed by atoms with Crippen molar-refractivity contribution in [2.75, 3.05) is 6.61 Å². The maximum atomic E-state index is 9.01. The number of rotatable bonds is 6. The largest absolute Gasteiger partial charge is 0.396 e. The van der Waals surface area contributed by atoms with E-state index in [1.165, 1.54) is 11.1 Å². The molecule has 2 heteroatoms. The van der Waals surface area contributed by atoms with Gasteiger partial charge in [0.15, 0.2) is 0 Å². The minimum atomic E-state index is -0.185. The number of hydrogen-bond acceptors (Lipinski definition) is 2. The Balaban J connectivity index is 0.000000220. The normalized spacial score (nSPS) is 12.9. The first-order chi connectivity index (χ1) is 10.6. The van der Waals surface area contributed by atoms with Gasteiger partial charge in [-0.15, -0.1) is 0 Å². The second-order valence-corrected chi connectivity index (χ2v) is 5.70. The second-order valence-electron chi connectivity index (χ2n) is 5.70. The third kappa shape index (κ3) is 7.96. The van der Waals surface area contributed by atoms with E-state index in [1.54, 1.807) is 0 Å². The molecular formula is C20H28O2.